The molecule has 0 spiro atoms. The quantitative estimate of drug-likeness (QED) is 0.537. The van der Waals surface area contributed by atoms with Crippen LogP contribution in [0.5, 0.6) is 0 Å². The van der Waals surface area contributed by atoms with Crippen LogP contribution < -0.4 is 10.6 Å². The molecule has 7 nitrogen and oxygen atoms in total. The van der Waals surface area contributed by atoms with Gasteiger partial charge in [0.1, 0.15) is 5.82 Å². The average Bonchev–Trinajstić information content (AvgIpc) is 2.71. The molecule has 0 radical (unpaired) electrons. The summed E-state index contributed by atoms with van der Waals surface area (Å²) in [7, 11) is 0. The summed E-state index contributed by atoms with van der Waals surface area (Å²) in [6, 6.07) is 15.0. The molecule has 0 atom stereocenters. The third kappa shape index (κ3) is 3.27. The lowest BCUT2D eigenvalue weighted by molar-refractivity contribution is 0.0632. The first-order valence-electron chi connectivity index (χ1n) is 8.98. The summed E-state index contributed by atoms with van der Waals surface area (Å²) < 4.78 is 4.52. The Kier molecular flexibility index (Phi) is 4.67. The zero-order valence-electron chi connectivity index (χ0n) is 15.1. The molecule has 0 saturated carbocycles. The minimum absolute atomic E-state index is 0.0110. The highest BCUT2D eigenvalue weighted by Gasteiger charge is 2.23. The molecule has 3 aromatic rings. The Hall–Kier alpha value is -3.45. The fraction of sp³-hybridized carbons (Fsp3) is 0.190. The second kappa shape index (κ2) is 7.28. The molecule has 0 unspecified atom stereocenters. The van der Waals surface area contributed by atoms with Crippen LogP contribution in [0.25, 0.3) is 10.8 Å². The third-order valence-electron chi connectivity index (χ3n) is 4.82. The highest BCUT2D eigenvalue weighted by atomic mass is 16.6. The molecule has 2 aromatic carbocycles. The Morgan fingerprint density at radius 2 is 2.00 bits per heavy atom. The van der Waals surface area contributed by atoms with E-state index in [1.807, 2.05) is 42.5 Å². The van der Waals surface area contributed by atoms with Crippen molar-refractivity contribution in [1.29, 1.82) is 0 Å². The van der Waals surface area contributed by atoms with Crippen molar-refractivity contribution in [1.82, 2.24) is 4.98 Å². The summed E-state index contributed by atoms with van der Waals surface area (Å²) in [5, 5.41) is 11.1. The number of hydrogen-bond donors (Lipinski definition) is 2. The van der Waals surface area contributed by atoms with Crippen molar-refractivity contribution < 1.29 is 19.4 Å². The second-order valence-electron chi connectivity index (χ2n) is 6.64. The summed E-state index contributed by atoms with van der Waals surface area (Å²) in [6.07, 6.45) is 0.649. The number of aliphatic hydroxyl groups is 1. The molecule has 2 heterocycles. The van der Waals surface area contributed by atoms with E-state index in [9.17, 15) is 14.7 Å². The lowest BCUT2D eigenvalue weighted by Crippen LogP contribution is -2.27. The third-order valence-corrected chi connectivity index (χ3v) is 4.82. The first kappa shape index (κ1) is 17.9. The number of carbonyl (C=O) groups excluding carboxylic acids is 2. The number of aliphatic hydroxyl groups excluding tert-OH is 1. The van der Waals surface area contributed by atoms with Crippen molar-refractivity contribution in [3.63, 3.8) is 0 Å². The predicted molar refractivity (Wildman–Crippen MR) is 104 cm³/mol. The van der Waals surface area contributed by atoms with E-state index in [0.29, 0.717) is 5.82 Å². The number of aryl methyl sites for hydroxylation is 1. The number of hydrogen-bond acceptors (Lipinski definition) is 6. The van der Waals surface area contributed by atoms with Crippen LogP contribution in [0.1, 0.15) is 28.0 Å². The van der Waals surface area contributed by atoms with E-state index in [-0.39, 0.29) is 12.3 Å². The molecule has 0 fully saturated rings. The minimum Gasteiger partial charge on any atom is -0.392 e. The van der Waals surface area contributed by atoms with Crippen LogP contribution in [0.2, 0.25) is 0 Å². The fourth-order valence-electron chi connectivity index (χ4n) is 3.60. The van der Waals surface area contributed by atoms with Crippen molar-refractivity contribution in [2.75, 3.05) is 11.4 Å². The maximum Gasteiger partial charge on any atom is 0.412 e. The molecule has 0 bridgehead atoms. The van der Waals surface area contributed by atoms with Crippen molar-refractivity contribution in [3.8, 4) is 0 Å². The first-order valence-corrected chi connectivity index (χ1v) is 8.98. The Morgan fingerprint density at radius 3 is 2.79 bits per heavy atom. The van der Waals surface area contributed by atoms with Gasteiger partial charge in [0, 0.05) is 17.6 Å². The topological polar surface area (TPSA) is 106 Å². The maximum absolute atomic E-state index is 12.2. The van der Waals surface area contributed by atoms with Gasteiger partial charge < -0.3 is 20.5 Å². The number of pyridine rings is 1. The van der Waals surface area contributed by atoms with Gasteiger partial charge in [0.05, 0.1) is 6.61 Å². The van der Waals surface area contributed by atoms with Crippen LogP contribution in [0.3, 0.4) is 0 Å². The number of nitrogens with two attached hydrogens (primary N) is 1. The summed E-state index contributed by atoms with van der Waals surface area (Å²) in [5.74, 6) is -0.264. The van der Waals surface area contributed by atoms with Crippen molar-refractivity contribution >= 4 is 34.3 Å². The van der Waals surface area contributed by atoms with Gasteiger partial charge in [0.2, 0.25) is 0 Å². The number of aromatic nitrogens is 1. The van der Waals surface area contributed by atoms with Crippen LogP contribution in [-0.4, -0.2) is 28.7 Å². The smallest absolute Gasteiger partial charge is 0.392 e. The molecule has 3 N–H and O–H groups in total. The van der Waals surface area contributed by atoms with E-state index in [0.717, 1.165) is 47.0 Å². The van der Waals surface area contributed by atoms with Gasteiger partial charge in [-0.25, -0.2) is 14.6 Å². The monoisotopic (exact) mass is 377 g/mol. The molecule has 1 aliphatic heterocycles. The molecular weight excluding hydrogens is 358 g/mol. The van der Waals surface area contributed by atoms with Crippen LogP contribution in [0, 0.1) is 0 Å². The summed E-state index contributed by atoms with van der Waals surface area (Å²) >= 11 is 0. The first-order chi connectivity index (χ1) is 13.6. The van der Waals surface area contributed by atoms with Gasteiger partial charge in [-0.15, -0.1) is 0 Å². The highest BCUT2D eigenvalue weighted by molar-refractivity contribution is 6.01. The highest BCUT2D eigenvalue weighted by Crippen LogP contribution is 2.37. The Balaban J connectivity index is 1.87. The Bertz CT molecular complexity index is 1080. The van der Waals surface area contributed by atoms with Crippen LogP contribution in [0.4, 0.5) is 16.3 Å². The molecule has 1 amide bonds. The number of esters is 1. The van der Waals surface area contributed by atoms with E-state index in [1.54, 1.807) is 6.07 Å². The van der Waals surface area contributed by atoms with Gasteiger partial charge in [-0.05, 0) is 41.5 Å². The number of anilines is 2. The Morgan fingerprint density at radius 1 is 1.18 bits per heavy atom. The largest absolute Gasteiger partial charge is 0.412 e. The summed E-state index contributed by atoms with van der Waals surface area (Å²) in [5.41, 5.74) is 7.96. The lowest BCUT2D eigenvalue weighted by Gasteiger charge is -2.31. The number of nitrogens with zero attached hydrogens (tertiary/aromatic N) is 2. The van der Waals surface area contributed by atoms with Crippen LogP contribution >= 0.6 is 0 Å². The molecule has 142 valence electrons. The van der Waals surface area contributed by atoms with Crippen molar-refractivity contribution in [3.05, 3.63) is 65.4 Å². The maximum atomic E-state index is 12.2. The number of amides is 1. The van der Waals surface area contributed by atoms with Gasteiger partial charge in [0.15, 0.2) is 5.69 Å². The Labute approximate surface area is 161 Å². The zero-order chi connectivity index (χ0) is 19.7. The van der Waals surface area contributed by atoms with Gasteiger partial charge in [-0.1, -0.05) is 36.4 Å². The van der Waals surface area contributed by atoms with Gasteiger partial charge >= 0.3 is 12.1 Å². The number of rotatable bonds is 3. The molecule has 1 aromatic heterocycles. The average molecular weight is 377 g/mol. The standard InChI is InChI=1S/C21H19N3O4/c22-21(27)28-20(26)17-11-14-4-1-2-6-16(14)19(23-17)24-9-3-5-15-10-13(12-25)7-8-18(15)24/h1-2,4,6-8,10-11,25H,3,5,9,12H2,(H2,22,27). The van der Waals surface area contributed by atoms with Crippen molar-refractivity contribution in [2.45, 2.75) is 19.4 Å². The number of fused-ring (bicyclic) bond motifs is 2. The van der Waals surface area contributed by atoms with Gasteiger partial charge in [-0.3, -0.25) is 0 Å². The van der Waals surface area contributed by atoms with Crippen LogP contribution in [-0.2, 0) is 17.8 Å². The van der Waals surface area contributed by atoms with E-state index < -0.39 is 12.1 Å². The van der Waals surface area contributed by atoms with Gasteiger partial charge in [0.25, 0.3) is 0 Å². The predicted octanol–water partition coefficient (Wildman–Crippen LogP) is 3.05. The molecule has 1 aliphatic rings. The summed E-state index contributed by atoms with van der Waals surface area (Å²) in [6.45, 7) is 0.722. The minimum atomic E-state index is -1.17. The van der Waals surface area contributed by atoms with Crippen molar-refractivity contribution in [2.24, 2.45) is 5.73 Å². The molecule has 28 heavy (non-hydrogen) atoms. The normalized spacial score (nSPS) is 13.2. The number of primary amides is 1. The zero-order valence-corrected chi connectivity index (χ0v) is 15.1. The fourth-order valence-corrected chi connectivity index (χ4v) is 3.60. The molecular formula is C21H19N3O4. The van der Waals surface area contributed by atoms with E-state index >= 15 is 0 Å². The van der Waals surface area contributed by atoms with Crippen LogP contribution in [0.15, 0.2) is 48.5 Å². The molecule has 4 rings (SSSR count). The summed E-state index contributed by atoms with van der Waals surface area (Å²) in [4.78, 5) is 29.8. The van der Waals surface area contributed by atoms with Gasteiger partial charge in [-0.2, -0.15) is 0 Å². The SMILES string of the molecule is NC(=O)OC(=O)c1cc2ccccc2c(N2CCCc3cc(CO)ccc32)n1. The van der Waals surface area contributed by atoms with E-state index in [1.165, 1.54) is 0 Å². The molecule has 0 aliphatic carbocycles. The van der Waals surface area contributed by atoms with E-state index in [2.05, 4.69) is 14.6 Å². The number of carbonyl (C=O) groups is 2. The lowest BCUT2D eigenvalue weighted by atomic mass is 9.98. The number of benzene rings is 2. The molecule has 7 heteroatoms. The van der Waals surface area contributed by atoms with E-state index in [4.69, 9.17) is 5.73 Å². The number of ether oxygens (including phenoxy) is 1. The second-order valence-corrected chi connectivity index (χ2v) is 6.64. The molecule has 0 saturated heterocycles.